The highest BCUT2D eigenvalue weighted by atomic mass is 16.5. The van der Waals surface area contributed by atoms with E-state index in [1.54, 1.807) is 0 Å². The molecule has 3 heteroatoms. The van der Waals surface area contributed by atoms with E-state index in [0.29, 0.717) is 19.1 Å². The molecule has 1 N–H and O–H groups in total. The highest BCUT2D eigenvalue weighted by Gasteiger charge is 2.02. The third kappa shape index (κ3) is 23.4. The van der Waals surface area contributed by atoms with Crippen LogP contribution in [0.25, 0.3) is 0 Å². The van der Waals surface area contributed by atoms with Crippen molar-refractivity contribution in [1.29, 1.82) is 0 Å². The van der Waals surface area contributed by atoms with Crippen molar-refractivity contribution >= 4 is 5.97 Å². The van der Waals surface area contributed by atoms with Gasteiger partial charge in [0.25, 0.3) is 0 Å². The fourth-order valence-corrected chi connectivity index (χ4v) is 3.31. The van der Waals surface area contributed by atoms with Crippen LogP contribution in [0, 0.1) is 5.92 Å². The molecular weight excluding hydrogens is 334 g/mol. The molecule has 0 heterocycles. The Morgan fingerprint density at radius 3 is 1.63 bits per heavy atom. The number of nitrogens with one attached hydrogen (secondary N) is 1. The quantitative estimate of drug-likeness (QED) is 0.128. The van der Waals surface area contributed by atoms with Crippen LogP contribution in [0.1, 0.15) is 130 Å². The number of carbonyl (C=O) groups is 1. The van der Waals surface area contributed by atoms with Gasteiger partial charge < -0.3 is 4.74 Å². The summed E-state index contributed by atoms with van der Waals surface area (Å²) in [5.74, 6) is 0.635. The summed E-state index contributed by atoms with van der Waals surface area (Å²) in [4.78, 5) is 11.6. The van der Waals surface area contributed by atoms with Gasteiger partial charge in [0.15, 0.2) is 0 Å². The van der Waals surface area contributed by atoms with Gasteiger partial charge in [-0.25, -0.2) is 0 Å². The van der Waals surface area contributed by atoms with E-state index in [1.807, 2.05) is 0 Å². The Morgan fingerprint density at radius 2 is 1.19 bits per heavy atom. The maximum Gasteiger partial charge on any atom is 0.307 e. The molecule has 0 amide bonds. The molecular formula is C24H49NO2. The van der Waals surface area contributed by atoms with Gasteiger partial charge in [-0.2, -0.15) is 0 Å². The van der Waals surface area contributed by atoms with Gasteiger partial charge in [0.2, 0.25) is 0 Å². The minimum absolute atomic E-state index is 0.0539. The molecule has 0 unspecified atom stereocenters. The molecule has 0 aliphatic carbocycles. The molecule has 0 rings (SSSR count). The van der Waals surface area contributed by atoms with Crippen molar-refractivity contribution in [2.45, 2.75) is 130 Å². The van der Waals surface area contributed by atoms with Gasteiger partial charge in [-0.3, -0.25) is 10.1 Å². The minimum atomic E-state index is -0.0539. The molecule has 3 nitrogen and oxygen atoms in total. The van der Waals surface area contributed by atoms with E-state index in [4.69, 9.17) is 4.74 Å². The molecule has 0 radical (unpaired) electrons. The van der Waals surface area contributed by atoms with Crippen LogP contribution >= 0.6 is 0 Å². The molecule has 27 heavy (non-hydrogen) atoms. The molecule has 0 aromatic heterocycles. The van der Waals surface area contributed by atoms with Crippen LogP contribution in [0.15, 0.2) is 0 Å². The number of esters is 1. The fourth-order valence-electron chi connectivity index (χ4n) is 3.31. The molecule has 0 aromatic carbocycles. The molecule has 162 valence electrons. The number of hydrogen-bond acceptors (Lipinski definition) is 3. The summed E-state index contributed by atoms with van der Waals surface area (Å²) in [5, 5.41) is 3.16. The summed E-state index contributed by atoms with van der Waals surface area (Å²) in [6.07, 6.45) is 21.9. The molecule has 0 atom stereocenters. The van der Waals surface area contributed by atoms with Crippen LogP contribution in [0.5, 0.6) is 0 Å². The lowest BCUT2D eigenvalue weighted by Crippen LogP contribution is -2.22. The zero-order chi connectivity index (χ0) is 20.0. The van der Waals surface area contributed by atoms with Gasteiger partial charge in [0.1, 0.15) is 6.73 Å². The van der Waals surface area contributed by atoms with Crippen LogP contribution in [-0.2, 0) is 9.53 Å². The predicted octanol–water partition coefficient (Wildman–Crippen LogP) is 7.38. The average Bonchev–Trinajstić information content (AvgIpc) is 2.64. The number of unbranched alkanes of at least 4 members (excludes halogenated alkanes) is 14. The Kier molecular flexibility index (Phi) is 21.3. The van der Waals surface area contributed by atoms with Crippen molar-refractivity contribution < 1.29 is 9.53 Å². The molecule has 0 saturated carbocycles. The van der Waals surface area contributed by atoms with Crippen molar-refractivity contribution in [2.75, 3.05) is 13.3 Å². The zero-order valence-electron chi connectivity index (χ0n) is 18.8. The van der Waals surface area contributed by atoms with Gasteiger partial charge in [0.05, 0.1) is 0 Å². The Labute approximate surface area is 170 Å². The normalized spacial score (nSPS) is 11.3. The van der Waals surface area contributed by atoms with Gasteiger partial charge in [-0.05, 0) is 25.3 Å². The van der Waals surface area contributed by atoms with Crippen LogP contribution in [-0.4, -0.2) is 19.2 Å². The third-order valence-electron chi connectivity index (χ3n) is 5.22. The Hall–Kier alpha value is -0.570. The second kappa shape index (κ2) is 21.7. The van der Waals surface area contributed by atoms with Crippen LogP contribution < -0.4 is 5.32 Å². The maximum atomic E-state index is 11.6. The maximum absolute atomic E-state index is 11.6. The number of ether oxygens (including phenoxy) is 1. The summed E-state index contributed by atoms with van der Waals surface area (Å²) < 4.78 is 5.19. The Bertz CT molecular complexity index is 305. The lowest BCUT2D eigenvalue weighted by atomic mass is 10.0. The van der Waals surface area contributed by atoms with Crippen molar-refractivity contribution in [2.24, 2.45) is 5.92 Å². The fraction of sp³-hybridized carbons (Fsp3) is 0.958. The van der Waals surface area contributed by atoms with Crippen molar-refractivity contribution in [3.8, 4) is 0 Å². The minimum Gasteiger partial charge on any atom is -0.450 e. The van der Waals surface area contributed by atoms with Crippen LogP contribution in [0.3, 0.4) is 0 Å². The van der Waals surface area contributed by atoms with E-state index < -0.39 is 0 Å². The SMILES string of the molecule is CCCCCCCCCCCCCCCCCC(=O)OCNCCC(C)C. The van der Waals surface area contributed by atoms with E-state index in [9.17, 15) is 4.79 Å². The van der Waals surface area contributed by atoms with E-state index >= 15 is 0 Å². The monoisotopic (exact) mass is 383 g/mol. The van der Waals surface area contributed by atoms with E-state index in [1.165, 1.54) is 83.5 Å². The van der Waals surface area contributed by atoms with Crippen molar-refractivity contribution in [1.82, 2.24) is 5.32 Å². The first-order valence-electron chi connectivity index (χ1n) is 12.0. The molecule has 0 spiro atoms. The first-order chi connectivity index (χ1) is 13.2. The topological polar surface area (TPSA) is 38.3 Å². The lowest BCUT2D eigenvalue weighted by Gasteiger charge is -2.08. The summed E-state index contributed by atoms with van der Waals surface area (Å²) in [5.41, 5.74) is 0. The number of carbonyl (C=O) groups excluding carboxylic acids is 1. The second-order valence-corrected chi connectivity index (χ2v) is 8.54. The molecule has 0 bridgehead atoms. The predicted molar refractivity (Wildman–Crippen MR) is 118 cm³/mol. The van der Waals surface area contributed by atoms with Crippen LogP contribution in [0.4, 0.5) is 0 Å². The molecule has 0 fully saturated rings. The Balaban J connectivity index is 3.12. The summed E-state index contributed by atoms with van der Waals surface area (Å²) in [7, 11) is 0. The van der Waals surface area contributed by atoms with Crippen molar-refractivity contribution in [3.05, 3.63) is 0 Å². The zero-order valence-corrected chi connectivity index (χ0v) is 18.8. The largest absolute Gasteiger partial charge is 0.450 e. The van der Waals surface area contributed by atoms with Gasteiger partial charge >= 0.3 is 5.97 Å². The van der Waals surface area contributed by atoms with E-state index in [2.05, 4.69) is 26.1 Å². The summed E-state index contributed by atoms with van der Waals surface area (Å²) in [6.45, 7) is 7.96. The average molecular weight is 384 g/mol. The summed E-state index contributed by atoms with van der Waals surface area (Å²) in [6, 6.07) is 0. The molecule has 0 saturated heterocycles. The van der Waals surface area contributed by atoms with Gasteiger partial charge in [0, 0.05) is 6.42 Å². The molecule has 0 aromatic rings. The smallest absolute Gasteiger partial charge is 0.307 e. The number of hydrogen-bond donors (Lipinski definition) is 1. The first kappa shape index (κ1) is 26.4. The van der Waals surface area contributed by atoms with E-state index in [-0.39, 0.29) is 5.97 Å². The highest BCUT2D eigenvalue weighted by molar-refractivity contribution is 5.69. The lowest BCUT2D eigenvalue weighted by molar-refractivity contribution is -0.144. The van der Waals surface area contributed by atoms with Gasteiger partial charge in [-0.1, -0.05) is 111 Å². The Morgan fingerprint density at radius 1 is 0.741 bits per heavy atom. The highest BCUT2D eigenvalue weighted by Crippen LogP contribution is 2.13. The molecule has 0 aliphatic rings. The molecule has 0 aliphatic heterocycles. The third-order valence-corrected chi connectivity index (χ3v) is 5.22. The first-order valence-corrected chi connectivity index (χ1v) is 12.0. The second-order valence-electron chi connectivity index (χ2n) is 8.54. The summed E-state index contributed by atoms with van der Waals surface area (Å²) >= 11 is 0. The van der Waals surface area contributed by atoms with Crippen molar-refractivity contribution in [3.63, 3.8) is 0 Å². The standard InChI is InChI=1S/C24H49NO2/c1-4-5-6-7-8-9-10-11-12-13-14-15-16-17-18-19-24(26)27-22-25-21-20-23(2)3/h23,25H,4-22H2,1-3H3. The van der Waals surface area contributed by atoms with E-state index in [0.717, 1.165) is 25.8 Å². The van der Waals surface area contributed by atoms with Gasteiger partial charge in [-0.15, -0.1) is 0 Å². The van der Waals surface area contributed by atoms with Crippen LogP contribution in [0.2, 0.25) is 0 Å². The number of rotatable bonds is 21.